The van der Waals surface area contributed by atoms with Gasteiger partial charge in [-0.2, -0.15) is 0 Å². The van der Waals surface area contributed by atoms with Gasteiger partial charge in [0, 0.05) is 24.1 Å². The second kappa shape index (κ2) is 11.7. The molecule has 3 N–H and O–H groups in total. The van der Waals surface area contributed by atoms with Crippen LogP contribution in [-0.4, -0.2) is 59.1 Å². The van der Waals surface area contributed by atoms with Crippen molar-refractivity contribution in [2.75, 3.05) is 26.4 Å². The fourth-order valence-corrected chi connectivity index (χ4v) is 4.28. The Kier molecular flexibility index (Phi) is 8.85. The largest absolute Gasteiger partial charge is 0.504 e. The molecule has 3 rings (SSSR count). The van der Waals surface area contributed by atoms with Gasteiger partial charge in [0.25, 0.3) is 0 Å². The number of phenolic OH excluding ortho intramolecular Hbond substituents is 1. The van der Waals surface area contributed by atoms with E-state index >= 15 is 4.39 Å². The summed E-state index contributed by atoms with van der Waals surface area (Å²) in [6.07, 6.45) is 0.149. The molecule has 10 heteroatoms. The van der Waals surface area contributed by atoms with E-state index in [4.69, 9.17) is 24.7 Å². The first-order chi connectivity index (χ1) is 17.9. The Labute approximate surface area is 221 Å². The summed E-state index contributed by atoms with van der Waals surface area (Å²) in [4.78, 5) is 25.7. The van der Waals surface area contributed by atoms with E-state index in [1.54, 1.807) is 26.0 Å². The van der Waals surface area contributed by atoms with Crippen LogP contribution in [0, 0.1) is 11.2 Å². The highest BCUT2D eigenvalue weighted by Crippen LogP contribution is 2.41. The van der Waals surface area contributed by atoms with Crippen LogP contribution in [0.25, 0.3) is 0 Å². The van der Waals surface area contributed by atoms with E-state index in [2.05, 4.69) is 0 Å². The zero-order valence-electron chi connectivity index (χ0n) is 22.4. The van der Waals surface area contributed by atoms with Gasteiger partial charge in [-0.3, -0.25) is 15.0 Å². The number of rotatable bonds is 12. The highest BCUT2D eigenvalue weighted by Gasteiger charge is 2.33. The van der Waals surface area contributed by atoms with E-state index < -0.39 is 17.2 Å². The molecule has 0 unspecified atom stereocenters. The normalized spacial score (nSPS) is 12.9. The van der Waals surface area contributed by atoms with Gasteiger partial charge in [0.1, 0.15) is 5.84 Å². The van der Waals surface area contributed by atoms with Crippen molar-refractivity contribution >= 4 is 17.6 Å². The summed E-state index contributed by atoms with van der Waals surface area (Å²) in [5.74, 6) is -1.95. The highest BCUT2D eigenvalue weighted by atomic mass is 19.1. The number of carbonyl (C=O) groups excluding carboxylic acids is 1. The molecule has 0 radical (unpaired) electrons. The van der Waals surface area contributed by atoms with E-state index in [9.17, 15) is 14.7 Å². The number of benzene rings is 2. The monoisotopic (exact) mass is 530 g/mol. The molecule has 0 amide bonds. The molecule has 38 heavy (non-hydrogen) atoms. The van der Waals surface area contributed by atoms with E-state index in [-0.39, 0.29) is 84.9 Å². The predicted molar refractivity (Wildman–Crippen MR) is 139 cm³/mol. The van der Waals surface area contributed by atoms with E-state index in [0.29, 0.717) is 17.7 Å². The first kappa shape index (κ1) is 28.7. The molecule has 2 aromatic carbocycles. The third kappa shape index (κ3) is 6.17. The lowest BCUT2D eigenvalue weighted by Gasteiger charge is -2.24. The smallest absolute Gasteiger partial charge is 0.303 e. The summed E-state index contributed by atoms with van der Waals surface area (Å²) < 4.78 is 32.0. The molecule has 0 aromatic heterocycles. The predicted octanol–water partition coefficient (Wildman–Crippen LogP) is 4.89. The maximum Gasteiger partial charge on any atom is 0.303 e. The summed E-state index contributed by atoms with van der Waals surface area (Å²) >= 11 is 0. The minimum Gasteiger partial charge on any atom is -0.504 e. The maximum atomic E-state index is 15.4. The summed E-state index contributed by atoms with van der Waals surface area (Å²) in [5, 5.41) is 28.2. The van der Waals surface area contributed by atoms with Crippen molar-refractivity contribution in [3.8, 4) is 23.0 Å². The Morgan fingerprint density at radius 1 is 1.08 bits per heavy atom. The number of fused-ring (bicyclic) bond motifs is 1. The molecular formula is C28H35FN2O7. The number of amidine groups is 1. The molecule has 1 aliphatic rings. The molecule has 0 atom stereocenters. The van der Waals surface area contributed by atoms with E-state index in [1.807, 2.05) is 20.8 Å². The number of halogens is 1. The maximum absolute atomic E-state index is 15.4. The van der Waals surface area contributed by atoms with Gasteiger partial charge in [0.05, 0.1) is 31.9 Å². The zero-order chi connectivity index (χ0) is 28.2. The fourth-order valence-electron chi connectivity index (χ4n) is 4.28. The van der Waals surface area contributed by atoms with Crippen LogP contribution in [0.3, 0.4) is 0 Å². The first-order valence-corrected chi connectivity index (χ1v) is 12.6. The van der Waals surface area contributed by atoms with Gasteiger partial charge in [0.15, 0.2) is 34.6 Å². The minimum absolute atomic E-state index is 0.0518. The molecular weight excluding hydrogens is 495 g/mol. The van der Waals surface area contributed by atoms with Crippen LogP contribution in [0.4, 0.5) is 4.39 Å². The van der Waals surface area contributed by atoms with Crippen LogP contribution in [0.1, 0.15) is 74.5 Å². The number of ketones is 1. The van der Waals surface area contributed by atoms with Crippen LogP contribution < -0.4 is 14.2 Å². The standard InChI is InChI=1S/C28H35FN2O7/c1-6-36-21-13-17-14-31(27(30)23(17)24(29)26(21)37-7-2)15-19(32)16-11-18(28(3,4)5)25(35)20(12-16)38-10-8-9-22(33)34/h11-13,30,35H,6-10,14-15H2,1-5H3,(H,33,34). The average molecular weight is 531 g/mol. The summed E-state index contributed by atoms with van der Waals surface area (Å²) in [6.45, 7) is 9.69. The number of carboxylic acid groups (broad SMARTS) is 1. The van der Waals surface area contributed by atoms with Crippen LogP contribution in [0.5, 0.6) is 23.0 Å². The van der Waals surface area contributed by atoms with Gasteiger partial charge in [-0.25, -0.2) is 4.39 Å². The molecule has 9 nitrogen and oxygen atoms in total. The van der Waals surface area contributed by atoms with Crippen LogP contribution >= 0.6 is 0 Å². The molecule has 0 saturated heterocycles. The molecule has 1 heterocycles. The number of aromatic hydroxyl groups is 1. The second-order valence-corrected chi connectivity index (χ2v) is 10.0. The molecule has 0 saturated carbocycles. The number of hydrogen-bond acceptors (Lipinski definition) is 7. The summed E-state index contributed by atoms with van der Waals surface area (Å²) in [5.41, 5.74) is 0.828. The van der Waals surface area contributed by atoms with Gasteiger partial charge in [-0.05, 0) is 49.4 Å². The third-order valence-corrected chi connectivity index (χ3v) is 6.10. The van der Waals surface area contributed by atoms with Gasteiger partial charge in [-0.15, -0.1) is 0 Å². The van der Waals surface area contributed by atoms with Gasteiger partial charge in [0.2, 0.25) is 0 Å². The van der Waals surface area contributed by atoms with Gasteiger partial charge in [-0.1, -0.05) is 20.8 Å². The fraction of sp³-hybridized carbons (Fsp3) is 0.464. The number of nitrogens with one attached hydrogen (secondary N) is 1. The van der Waals surface area contributed by atoms with Crippen molar-refractivity contribution in [3.05, 3.63) is 46.3 Å². The quantitative estimate of drug-likeness (QED) is 0.261. The Balaban J connectivity index is 1.88. The molecule has 206 valence electrons. The number of carboxylic acids is 1. The van der Waals surface area contributed by atoms with Crippen molar-refractivity contribution in [1.82, 2.24) is 4.90 Å². The van der Waals surface area contributed by atoms with Crippen molar-refractivity contribution in [2.24, 2.45) is 0 Å². The van der Waals surface area contributed by atoms with Crippen LogP contribution in [0.15, 0.2) is 18.2 Å². The van der Waals surface area contributed by atoms with Gasteiger partial charge >= 0.3 is 5.97 Å². The Morgan fingerprint density at radius 3 is 2.37 bits per heavy atom. The topological polar surface area (TPSA) is 129 Å². The number of hydrogen-bond donors (Lipinski definition) is 3. The van der Waals surface area contributed by atoms with Crippen molar-refractivity contribution in [2.45, 2.75) is 59.4 Å². The van der Waals surface area contributed by atoms with Crippen molar-refractivity contribution < 1.29 is 38.4 Å². The SMILES string of the molecule is CCOc1cc2c(c(F)c1OCC)C(=N)N(CC(=O)c1cc(OCCCC(=O)O)c(O)c(C(C)(C)C)c1)C2. The number of aliphatic carboxylic acids is 1. The molecule has 1 aliphatic heterocycles. The van der Waals surface area contributed by atoms with Gasteiger partial charge < -0.3 is 29.3 Å². The zero-order valence-corrected chi connectivity index (χ0v) is 22.4. The number of ether oxygens (including phenoxy) is 3. The minimum atomic E-state index is -0.954. The molecule has 0 bridgehead atoms. The van der Waals surface area contributed by atoms with Crippen LogP contribution in [0.2, 0.25) is 0 Å². The molecule has 0 aliphatic carbocycles. The number of carbonyl (C=O) groups is 2. The molecule has 0 spiro atoms. The lowest BCUT2D eigenvalue weighted by molar-refractivity contribution is -0.137. The van der Waals surface area contributed by atoms with E-state index in [1.165, 1.54) is 11.0 Å². The highest BCUT2D eigenvalue weighted by molar-refractivity contribution is 6.06. The number of nitrogens with zero attached hydrogens (tertiary/aromatic N) is 1. The lowest BCUT2D eigenvalue weighted by Crippen LogP contribution is -2.30. The lowest BCUT2D eigenvalue weighted by atomic mass is 9.84. The molecule has 0 fully saturated rings. The molecule has 2 aromatic rings. The third-order valence-electron chi connectivity index (χ3n) is 6.10. The Bertz CT molecular complexity index is 1240. The second-order valence-electron chi connectivity index (χ2n) is 10.0. The Hall–Kier alpha value is -3.82. The van der Waals surface area contributed by atoms with E-state index in [0.717, 1.165) is 0 Å². The van der Waals surface area contributed by atoms with Crippen molar-refractivity contribution in [1.29, 1.82) is 5.41 Å². The Morgan fingerprint density at radius 2 is 1.76 bits per heavy atom. The first-order valence-electron chi connectivity index (χ1n) is 12.6. The summed E-state index contributed by atoms with van der Waals surface area (Å²) in [6, 6.07) is 4.66. The number of phenols is 1. The number of Topliss-reactive ketones (excluding diaryl/α,β-unsaturated/α-hetero) is 1. The average Bonchev–Trinajstić information content (AvgIpc) is 3.14. The van der Waals surface area contributed by atoms with Crippen LogP contribution in [-0.2, 0) is 16.8 Å². The summed E-state index contributed by atoms with van der Waals surface area (Å²) in [7, 11) is 0. The van der Waals surface area contributed by atoms with Crippen molar-refractivity contribution in [3.63, 3.8) is 0 Å².